The van der Waals surface area contributed by atoms with E-state index in [9.17, 15) is 4.79 Å². The van der Waals surface area contributed by atoms with Gasteiger partial charge in [0.05, 0.1) is 0 Å². The number of hydrogen-bond acceptors (Lipinski definition) is 3. The summed E-state index contributed by atoms with van der Waals surface area (Å²) >= 11 is 0. The van der Waals surface area contributed by atoms with Crippen LogP contribution in [-0.4, -0.2) is 61.0 Å². The summed E-state index contributed by atoms with van der Waals surface area (Å²) in [6.45, 7) is 11.1. The third kappa shape index (κ3) is 5.21. The molecule has 1 aromatic carbocycles. The summed E-state index contributed by atoms with van der Waals surface area (Å²) in [4.78, 5) is 17.4. The van der Waals surface area contributed by atoms with Gasteiger partial charge in [-0.3, -0.25) is 9.69 Å². The quantitative estimate of drug-likeness (QED) is 0.822. The van der Waals surface area contributed by atoms with Crippen molar-refractivity contribution in [2.75, 3.05) is 39.3 Å². The number of carbonyl (C=O) groups is 1. The number of halogens is 1. The molecule has 5 heteroatoms. The van der Waals surface area contributed by atoms with Crippen LogP contribution in [0.25, 0.3) is 0 Å². The first-order valence-electron chi connectivity index (χ1n) is 9.90. The van der Waals surface area contributed by atoms with Gasteiger partial charge in [0.25, 0.3) is 5.91 Å². The highest BCUT2D eigenvalue weighted by molar-refractivity contribution is 5.94. The van der Waals surface area contributed by atoms with Crippen LogP contribution in [0.4, 0.5) is 0 Å². The summed E-state index contributed by atoms with van der Waals surface area (Å²) in [5.41, 5.74) is 1.22. The molecule has 1 amide bonds. The van der Waals surface area contributed by atoms with Gasteiger partial charge in [-0.15, -0.1) is 12.4 Å². The maximum absolute atomic E-state index is 12.6. The molecular weight excluding hydrogens is 346 g/mol. The molecule has 1 aromatic rings. The average Bonchev–Trinajstić information content (AvgIpc) is 3.08. The number of hydrogen-bond donors (Lipinski definition) is 1. The van der Waals surface area contributed by atoms with Gasteiger partial charge in [0.1, 0.15) is 0 Å². The summed E-state index contributed by atoms with van der Waals surface area (Å²) in [6, 6.07) is 10.3. The summed E-state index contributed by atoms with van der Waals surface area (Å²) in [5.74, 6) is 0.188. The van der Waals surface area contributed by atoms with Crippen LogP contribution >= 0.6 is 12.4 Å². The molecule has 0 radical (unpaired) electrons. The van der Waals surface area contributed by atoms with E-state index in [0.717, 1.165) is 44.6 Å². The second-order valence-electron chi connectivity index (χ2n) is 8.10. The molecule has 0 aromatic heterocycles. The molecule has 2 fully saturated rings. The van der Waals surface area contributed by atoms with Gasteiger partial charge >= 0.3 is 0 Å². The van der Waals surface area contributed by atoms with Crippen LogP contribution in [0.1, 0.15) is 49.9 Å². The number of nitrogens with one attached hydrogen (secondary N) is 1. The van der Waals surface area contributed by atoms with E-state index in [4.69, 9.17) is 0 Å². The Morgan fingerprint density at radius 3 is 2.54 bits per heavy atom. The van der Waals surface area contributed by atoms with E-state index in [1.807, 2.05) is 35.2 Å². The average molecular weight is 380 g/mol. The van der Waals surface area contributed by atoms with Crippen molar-refractivity contribution in [2.24, 2.45) is 5.41 Å². The van der Waals surface area contributed by atoms with Gasteiger partial charge in [0.2, 0.25) is 0 Å². The van der Waals surface area contributed by atoms with Crippen LogP contribution in [0.2, 0.25) is 0 Å². The van der Waals surface area contributed by atoms with E-state index in [2.05, 4.69) is 24.1 Å². The zero-order valence-corrected chi connectivity index (χ0v) is 17.1. The molecule has 0 spiro atoms. The maximum Gasteiger partial charge on any atom is 0.253 e. The van der Waals surface area contributed by atoms with E-state index < -0.39 is 0 Å². The fraction of sp³-hybridized carbons (Fsp3) is 0.667. The smallest absolute Gasteiger partial charge is 0.253 e. The normalized spacial score (nSPS) is 23.9. The molecule has 2 aliphatic rings. The molecule has 146 valence electrons. The van der Waals surface area contributed by atoms with Gasteiger partial charge in [-0.1, -0.05) is 32.0 Å². The van der Waals surface area contributed by atoms with Gasteiger partial charge in [0.15, 0.2) is 0 Å². The molecule has 0 saturated carbocycles. The largest absolute Gasteiger partial charge is 0.339 e. The van der Waals surface area contributed by atoms with E-state index in [-0.39, 0.29) is 18.3 Å². The summed E-state index contributed by atoms with van der Waals surface area (Å²) in [5, 5.41) is 3.52. The fourth-order valence-electron chi connectivity index (χ4n) is 4.37. The zero-order chi connectivity index (χ0) is 17.7. The number of carbonyl (C=O) groups excluding carboxylic acids is 1. The molecule has 1 N–H and O–H groups in total. The number of benzene rings is 1. The monoisotopic (exact) mass is 379 g/mol. The van der Waals surface area contributed by atoms with Crippen LogP contribution in [0, 0.1) is 5.41 Å². The van der Waals surface area contributed by atoms with Crippen LogP contribution in [-0.2, 0) is 0 Å². The molecule has 0 bridgehead atoms. The molecule has 3 rings (SSSR count). The van der Waals surface area contributed by atoms with Gasteiger partial charge < -0.3 is 10.2 Å². The Morgan fingerprint density at radius 1 is 1.27 bits per heavy atom. The van der Waals surface area contributed by atoms with Crippen molar-refractivity contribution < 1.29 is 4.79 Å². The second kappa shape index (κ2) is 9.72. The highest BCUT2D eigenvalue weighted by atomic mass is 35.5. The van der Waals surface area contributed by atoms with E-state index in [0.29, 0.717) is 11.5 Å². The lowest BCUT2D eigenvalue weighted by molar-refractivity contribution is 0.0545. The third-order valence-electron chi connectivity index (χ3n) is 5.84. The number of amides is 1. The van der Waals surface area contributed by atoms with Crippen molar-refractivity contribution >= 4 is 18.3 Å². The standard InChI is InChI=1S/C21H33N3O.ClH/c1-3-13-24(17-21(2)11-12-22-16-21)19-9-14-23(15-10-19)20(25)18-7-5-4-6-8-18;/h4-8,19,22H,3,9-17H2,1-2H3;1H. The van der Waals surface area contributed by atoms with Crippen LogP contribution < -0.4 is 5.32 Å². The topological polar surface area (TPSA) is 35.6 Å². The minimum Gasteiger partial charge on any atom is -0.339 e. The zero-order valence-electron chi connectivity index (χ0n) is 16.2. The fourth-order valence-corrected chi connectivity index (χ4v) is 4.37. The predicted octanol–water partition coefficient (Wildman–Crippen LogP) is 3.42. The summed E-state index contributed by atoms with van der Waals surface area (Å²) < 4.78 is 0. The molecule has 2 saturated heterocycles. The molecule has 2 aliphatic heterocycles. The van der Waals surface area contributed by atoms with Gasteiger partial charge in [-0.2, -0.15) is 0 Å². The van der Waals surface area contributed by atoms with Crippen LogP contribution in [0.3, 0.4) is 0 Å². The van der Waals surface area contributed by atoms with E-state index in [1.54, 1.807) is 0 Å². The van der Waals surface area contributed by atoms with E-state index in [1.165, 1.54) is 25.9 Å². The first kappa shape index (κ1) is 21.2. The molecular formula is C21H34ClN3O. The molecule has 1 atom stereocenters. The second-order valence-corrected chi connectivity index (χ2v) is 8.10. The van der Waals surface area contributed by atoms with Crippen LogP contribution in [0.15, 0.2) is 30.3 Å². The van der Waals surface area contributed by atoms with Crippen molar-refractivity contribution in [3.8, 4) is 0 Å². The SMILES string of the molecule is CCCN(CC1(C)CCNC1)C1CCN(C(=O)c2ccccc2)CC1.Cl. The molecule has 1 unspecified atom stereocenters. The van der Waals surface area contributed by atoms with Crippen LogP contribution in [0.5, 0.6) is 0 Å². The molecule has 2 heterocycles. The highest BCUT2D eigenvalue weighted by Gasteiger charge is 2.34. The molecule has 4 nitrogen and oxygen atoms in total. The van der Waals surface area contributed by atoms with Crippen molar-refractivity contribution in [3.63, 3.8) is 0 Å². The first-order chi connectivity index (χ1) is 12.1. The number of nitrogens with zero attached hydrogens (tertiary/aromatic N) is 2. The lowest BCUT2D eigenvalue weighted by Gasteiger charge is -2.41. The number of piperidine rings is 1. The number of rotatable bonds is 6. The van der Waals surface area contributed by atoms with Crippen molar-refractivity contribution in [1.29, 1.82) is 0 Å². The Bertz CT molecular complexity index is 552. The van der Waals surface area contributed by atoms with Gasteiger partial charge in [0, 0.05) is 37.8 Å². The maximum atomic E-state index is 12.6. The Labute approximate surface area is 164 Å². The Balaban J connectivity index is 0.00000243. The third-order valence-corrected chi connectivity index (χ3v) is 5.84. The van der Waals surface area contributed by atoms with Crippen molar-refractivity contribution in [3.05, 3.63) is 35.9 Å². The highest BCUT2D eigenvalue weighted by Crippen LogP contribution is 2.29. The lowest BCUT2D eigenvalue weighted by Crippen LogP contribution is -2.50. The Hall–Kier alpha value is -1.10. The Kier molecular flexibility index (Phi) is 7.93. The lowest BCUT2D eigenvalue weighted by atomic mass is 9.87. The van der Waals surface area contributed by atoms with Crippen molar-refractivity contribution in [2.45, 2.75) is 45.6 Å². The van der Waals surface area contributed by atoms with Gasteiger partial charge in [-0.05, 0) is 56.3 Å². The minimum atomic E-state index is 0. The minimum absolute atomic E-state index is 0. The van der Waals surface area contributed by atoms with Crippen molar-refractivity contribution in [1.82, 2.24) is 15.1 Å². The molecule has 26 heavy (non-hydrogen) atoms. The van der Waals surface area contributed by atoms with Gasteiger partial charge in [-0.25, -0.2) is 0 Å². The Morgan fingerprint density at radius 2 is 1.96 bits per heavy atom. The van der Waals surface area contributed by atoms with E-state index >= 15 is 0 Å². The summed E-state index contributed by atoms with van der Waals surface area (Å²) in [6.07, 6.45) is 4.68. The number of likely N-dealkylation sites (tertiary alicyclic amines) is 1. The molecule has 0 aliphatic carbocycles. The predicted molar refractivity (Wildman–Crippen MR) is 110 cm³/mol. The first-order valence-corrected chi connectivity index (χ1v) is 9.90. The summed E-state index contributed by atoms with van der Waals surface area (Å²) in [7, 11) is 0.